The Kier molecular flexibility index (Phi) is 6.06. The van der Waals surface area contributed by atoms with Gasteiger partial charge in [0.05, 0.1) is 0 Å². The first-order chi connectivity index (χ1) is 9.70. The van der Waals surface area contributed by atoms with Crippen LogP contribution in [0.1, 0.15) is 42.9 Å². The molecule has 0 atom stereocenters. The fourth-order valence-corrected chi connectivity index (χ4v) is 3.30. The van der Waals surface area contributed by atoms with E-state index < -0.39 is 0 Å². The molecule has 0 bridgehead atoms. The first kappa shape index (κ1) is 15.5. The molecule has 1 aromatic rings. The van der Waals surface area contributed by atoms with E-state index in [4.69, 9.17) is 0 Å². The van der Waals surface area contributed by atoms with Gasteiger partial charge in [-0.25, -0.2) is 0 Å². The zero-order chi connectivity index (χ0) is 14.4. The van der Waals surface area contributed by atoms with E-state index in [9.17, 15) is 0 Å². The number of piperidine rings is 1. The maximum absolute atomic E-state index is 3.47. The lowest BCUT2D eigenvalue weighted by Crippen LogP contribution is -2.36. The highest BCUT2D eigenvalue weighted by Gasteiger charge is 2.17. The Balaban J connectivity index is 2.00. The molecular formula is C18H30N2. The first-order valence-corrected chi connectivity index (χ1v) is 8.19. The van der Waals surface area contributed by atoms with Crippen LogP contribution in [0.2, 0.25) is 0 Å². The van der Waals surface area contributed by atoms with E-state index in [1.165, 1.54) is 62.1 Å². The molecule has 112 valence electrons. The van der Waals surface area contributed by atoms with Crippen molar-refractivity contribution >= 4 is 0 Å². The molecule has 2 rings (SSSR count). The molecule has 1 fully saturated rings. The Bertz CT molecular complexity index is 388. The van der Waals surface area contributed by atoms with Gasteiger partial charge in [0.1, 0.15) is 0 Å². The van der Waals surface area contributed by atoms with Crippen molar-refractivity contribution in [3.05, 3.63) is 34.9 Å². The van der Waals surface area contributed by atoms with Crippen molar-refractivity contribution in [2.75, 3.05) is 26.2 Å². The zero-order valence-electron chi connectivity index (χ0n) is 13.4. The van der Waals surface area contributed by atoms with Gasteiger partial charge < -0.3 is 5.32 Å². The van der Waals surface area contributed by atoms with Crippen LogP contribution in [-0.4, -0.2) is 31.1 Å². The lowest BCUT2D eigenvalue weighted by Gasteiger charge is -2.30. The lowest BCUT2D eigenvalue weighted by atomic mass is 9.96. The van der Waals surface area contributed by atoms with Crippen molar-refractivity contribution < 1.29 is 0 Å². The molecule has 0 spiro atoms. The monoisotopic (exact) mass is 274 g/mol. The van der Waals surface area contributed by atoms with Crippen LogP contribution >= 0.6 is 0 Å². The molecule has 2 heteroatoms. The van der Waals surface area contributed by atoms with Crippen LogP contribution in [0.4, 0.5) is 0 Å². The summed E-state index contributed by atoms with van der Waals surface area (Å²) in [4.78, 5) is 2.67. The number of aryl methyl sites for hydroxylation is 2. The van der Waals surface area contributed by atoms with E-state index in [-0.39, 0.29) is 0 Å². The van der Waals surface area contributed by atoms with Crippen LogP contribution in [0.5, 0.6) is 0 Å². The van der Waals surface area contributed by atoms with E-state index >= 15 is 0 Å². The number of hydrogen-bond donors (Lipinski definition) is 1. The zero-order valence-corrected chi connectivity index (χ0v) is 13.4. The quantitative estimate of drug-likeness (QED) is 0.854. The number of hydrogen-bond acceptors (Lipinski definition) is 2. The molecule has 0 aromatic heterocycles. The summed E-state index contributed by atoms with van der Waals surface area (Å²) >= 11 is 0. The molecule has 2 nitrogen and oxygen atoms in total. The number of nitrogens with zero attached hydrogens (tertiary/aromatic N) is 1. The van der Waals surface area contributed by atoms with Crippen LogP contribution in [0.15, 0.2) is 18.2 Å². The minimum absolute atomic E-state index is 0.882. The van der Waals surface area contributed by atoms with E-state index in [2.05, 4.69) is 49.2 Å². The summed E-state index contributed by atoms with van der Waals surface area (Å²) in [5.74, 6) is 0.882. The van der Waals surface area contributed by atoms with Gasteiger partial charge in [0.25, 0.3) is 0 Å². The highest BCUT2D eigenvalue weighted by Crippen LogP contribution is 2.19. The molecule has 0 amide bonds. The molecule has 1 saturated heterocycles. The number of rotatable bonds is 6. The van der Waals surface area contributed by atoms with E-state index in [0.29, 0.717) is 0 Å². The van der Waals surface area contributed by atoms with Gasteiger partial charge in [-0.1, -0.05) is 25.1 Å². The maximum atomic E-state index is 3.47. The SMILES string of the molecule is CCCN(Cc1c(C)cccc1C)CC1CCNCC1. The fraction of sp³-hybridized carbons (Fsp3) is 0.667. The van der Waals surface area contributed by atoms with E-state index in [1.807, 2.05) is 0 Å². The summed E-state index contributed by atoms with van der Waals surface area (Å²) in [5.41, 5.74) is 4.42. The minimum atomic E-state index is 0.882. The van der Waals surface area contributed by atoms with Crippen LogP contribution < -0.4 is 5.32 Å². The second-order valence-corrected chi connectivity index (χ2v) is 6.30. The van der Waals surface area contributed by atoms with Crippen LogP contribution in [0.3, 0.4) is 0 Å². The highest BCUT2D eigenvalue weighted by molar-refractivity contribution is 5.33. The lowest BCUT2D eigenvalue weighted by molar-refractivity contribution is 0.198. The third-order valence-corrected chi connectivity index (χ3v) is 4.54. The Hall–Kier alpha value is -0.860. The number of nitrogens with one attached hydrogen (secondary N) is 1. The van der Waals surface area contributed by atoms with Crippen LogP contribution in [0.25, 0.3) is 0 Å². The molecule has 1 aliphatic rings. The molecule has 1 aliphatic heterocycles. The molecule has 20 heavy (non-hydrogen) atoms. The first-order valence-electron chi connectivity index (χ1n) is 8.19. The van der Waals surface area contributed by atoms with Gasteiger partial charge in [-0.2, -0.15) is 0 Å². The molecule has 0 saturated carbocycles. The van der Waals surface area contributed by atoms with E-state index in [0.717, 1.165) is 12.5 Å². The van der Waals surface area contributed by atoms with Gasteiger partial charge in [0.15, 0.2) is 0 Å². The van der Waals surface area contributed by atoms with Crippen molar-refractivity contribution in [2.24, 2.45) is 5.92 Å². The average molecular weight is 274 g/mol. The van der Waals surface area contributed by atoms with Crippen LogP contribution in [0, 0.1) is 19.8 Å². The molecular weight excluding hydrogens is 244 g/mol. The molecule has 1 aromatic carbocycles. The second-order valence-electron chi connectivity index (χ2n) is 6.30. The normalized spacial score (nSPS) is 16.8. The van der Waals surface area contributed by atoms with Gasteiger partial charge in [-0.05, 0) is 75.4 Å². The largest absolute Gasteiger partial charge is 0.317 e. The van der Waals surface area contributed by atoms with Gasteiger partial charge in [-0.3, -0.25) is 4.90 Å². The summed E-state index contributed by atoms with van der Waals surface area (Å²) in [7, 11) is 0. The fourth-order valence-electron chi connectivity index (χ4n) is 3.30. The van der Waals surface area contributed by atoms with Gasteiger partial charge in [0, 0.05) is 13.1 Å². The van der Waals surface area contributed by atoms with Crippen molar-refractivity contribution in [3.63, 3.8) is 0 Å². The van der Waals surface area contributed by atoms with Gasteiger partial charge in [-0.15, -0.1) is 0 Å². The molecule has 0 radical (unpaired) electrons. The predicted molar refractivity (Wildman–Crippen MR) is 87.1 cm³/mol. The summed E-state index contributed by atoms with van der Waals surface area (Å²) < 4.78 is 0. The van der Waals surface area contributed by atoms with Gasteiger partial charge >= 0.3 is 0 Å². The summed E-state index contributed by atoms with van der Waals surface area (Å²) in [6.45, 7) is 12.8. The Morgan fingerprint density at radius 2 is 1.80 bits per heavy atom. The Morgan fingerprint density at radius 3 is 2.40 bits per heavy atom. The van der Waals surface area contributed by atoms with Crippen LogP contribution in [-0.2, 0) is 6.54 Å². The van der Waals surface area contributed by atoms with Crippen molar-refractivity contribution in [1.82, 2.24) is 10.2 Å². The highest BCUT2D eigenvalue weighted by atomic mass is 15.1. The van der Waals surface area contributed by atoms with Crippen molar-refractivity contribution in [3.8, 4) is 0 Å². The predicted octanol–water partition coefficient (Wildman–Crippen LogP) is 3.52. The molecule has 0 aliphatic carbocycles. The van der Waals surface area contributed by atoms with Crippen molar-refractivity contribution in [2.45, 2.75) is 46.6 Å². The summed E-state index contributed by atoms with van der Waals surface area (Å²) in [5, 5.41) is 3.47. The standard InChI is InChI=1S/C18H30N2/c1-4-12-20(13-17-8-10-19-11-9-17)14-18-15(2)6-5-7-16(18)3/h5-7,17,19H,4,8-14H2,1-3H3. The Labute approximate surface area is 124 Å². The second kappa shape index (κ2) is 7.80. The third-order valence-electron chi connectivity index (χ3n) is 4.54. The average Bonchev–Trinajstić information content (AvgIpc) is 2.44. The van der Waals surface area contributed by atoms with Crippen molar-refractivity contribution in [1.29, 1.82) is 0 Å². The summed E-state index contributed by atoms with van der Waals surface area (Å²) in [6, 6.07) is 6.67. The smallest absolute Gasteiger partial charge is 0.0239 e. The molecule has 1 heterocycles. The van der Waals surface area contributed by atoms with Gasteiger partial charge in [0.2, 0.25) is 0 Å². The molecule has 1 N–H and O–H groups in total. The summed E-state index contributed by atoms with van der Waals surface area (Å²) in [6.07, 6.45) is 3.93. The third kappa shape index (κ3) is 4.32. The maximum Gasteiger partial charge on any atom is 0.0239 e. The molecule has 0 unspecified atom stereocenters. The topological polar surface area (TPSA) is 15.3 Å². The minimum Gasteiger partial charge on any atom is -0.317 e. The Morgan fingerprint density at radius 1 is 1.15 bits per heavy atom. The number of benzene rings is 1. The van der Waals surface area contributed by atoms with E-state index in [1.54, 1.807) is 0 Å².